The summed E-state index contributed by atoms with van der Waals surface area (Å²) in [7, 11) is 2.16. The van der Waals surface area contributed by atoms with Crippen LogP contribution in [0.2, 0.25) is 0 Å². The molecule has 1 saturated heterocycles. The Morgan fingerprint density at radius 2 is 2.21 bits per heavy atom. The van der Waals surface area contributed by atoms with Crippen molar-refractivity contribution in [2.24, 2.45) is 0 Å². The molecule has 74 valence electrons. The highest BCUT2D eigenvalue weighted by Crippen LogP contribution is 2.40. The second-order valence-electron chi connectivity index (χ2n) is 4.12. The molecule has 0 radical (unpaired) electrons. The summed E-state index contributed by atoms with van der Waals surface area (Å²) in [5.74, 6) is 0.299. The van der Waals surface area contributed by atoms with Crippen molar-refractivity contribution in [1.29, 1.82) is 0 Å². The number of aromatic nitrogens is 3. The van der Waals surface area contributed by atoms with E-state index in [-0.39, 0.29) is 0 Å². The fourth-order valence-electron chi connectivity index (χ4n) is 2.60. The summed E-state index contributed by atoms with van der Waals surface area (Å²) in [6.07, 6.45) is 3.38. The van der Waals surface area contributed by atoms with Gasteiger partial charge in [-0.15, -0.1) is 10.2 Å². The van der Waals surface area contributed by atoms with Crippen LogP contribution in [0.5, 0.6) is 0 Å². The number of hydrogen-bond acceptors (Lipinski definition) is 5. The first-order chi connectivity index (χ1) is 6.75. The SMILES string of the molecule is CN1C2CCC1c1nnc(N)nc1C2. The van der Waals surface area contributed by atoms with Gasteiger partial charge in [0.15, 0.2) is 0 Å². The van der Waals surface area contributed by atoms with E-state index in [0.717, 1.165) is 17.8 Å². The second-order valence-corrected chi connectivity index (χ2v) is 4.12. The molecular weight excluding hydrogens is 178 g/mol. The molecule has 0 amide bonds. The van der Waals surface area contributed by atoms with Crippen molar-refractivity contribution < 1.29 is 0 Å². The number of nitrogen functional groups attached to an aromatic ring is 1. The zero-order valence-electron chi connectivity index (χ0n) is 8.14. The summed E-state index contributed by atoms with van der Waals surface area (Å²) in [6.45, 7) is 0. The molecule has 5 nitrogen and oxygen atoms in total. The topological polar surface area (TPSA) is 67.9 Å². The Kier molecular flexibility index (Phi) is 1.53. The maximum absolute atomic E-state index is 5.53. The molecule has 3 rings (SSSR count). The average molecular weight is 191 g/mol. The monoisotopic (exact) mass is 191 g/mol. The minimum absolute atomic E-state index is 0.299. The number of likely N-dealkylation sites (N-methyl/N-ethyl adjacent to an activating group) is 1. The Hall–Kier alpha value is -1.23. The van der Waals surface area contributed by atoms with Crippen molar-refractivity contribution in [2.45, 2.75) is 31.3 Å². The van der Waals surface area contributed by atoms with E-state index in [9.17, 15) is 0 Å². The molecule has 14 heavy (non-hydrogen) atoms. The van der Waals surface area contributed by atoms with E-state index < -0.39 is 0 Å². The first-order valence-electron chi connectivity index (χ1n) is 4.96. The Bertz CT molecular complexity index is 377. The quantitative estimate of drug-likeness (QED) is 0.632. The molecule has 0 aromatic carbocycles. The van der Waals surface area contributed by atoms with Crippen molar-refractivity contribution in [2.75, 3.05) is 12.8 Å². The van der Waals surface area contributed by atoms with Crippen LogP contribution in [0.4, 0.5) is 5.95 Å². The molecule has 5 heteroatoms. The second kappa shape index (κ2) is 2.63. The van der Waals surface area contributed by atoms with Crippen LogP contribution in [-0.2, 0) is 6.42 Å². The third-order valence-electron chi connectivity index (χ3n) is 3.39. The summed E-state index contributed by atoms with van der Waals surface area (Å²) in [4.78, 5) is 6.65. The van der Waals surface area contributed by atoms with Gasteiger partial charge in [-0.05, 0) is 19.9 Å². The van der Waals surface area contributed by atoms with Gasteiger partial charge in [0.05, 0.1) is 11.7 Å². The van der Waals surface area contributed by atoms with Crippen molar-refractivity contribution in [3.8, 4) is 0 Å². The average Bonchev–Trinajstić information content (AvgIpc) is 2.44. The molecule has 1 fully saturated rings. The molecule has 0 saturated carbocycles. The van der Waals surface area contributed by atoms with Gasteiger partial charge in [-0.1, -0.05) is 0 Å². The van der Waals surface area contributed by atoms with Crippen LogP contribution in [0.25, 0.3) is 0 Å². The highest BCUT2D eigenvalue weighted by atomic mass is 15.3. The highest BCUT2D eigenvalue weighted by Gasteiger charge is 2.39. The van der Waals surface area contributed by atoms with Crippen molar-refractivity contribution in [3.63, 3.8) is 0 Å². The van der Waals surface area contributed by atoms with E-state index in [2.05, 4.69) is 27.1 Å². The zero-order valence-corrected chi connectivity index (χ0v) is 8.14. The highest BCUT2D eigenvalue weighted by molar-refractivity contribution is 5.27. The lowest BCUT2D eigenvalue weighted by Crippen LogP contribution is -2.35. The summed E-state index contributed by atoms with van der Waals surface area (Å²) in [5.41, 5.74) is 7.63. The van der Waals surface area contributed by atoms with E-state index in [0.29, 0.717) is 18.0 Å². The van der Waals surface area contributed by atoms with Crippen molar-refractivity contribution in [3.05, 3.63) is 11.4 Å². The van der Waals surface area contributed by atoms with Crippen molar-refractivity contribution in [1.82, 2.24) is 20.1 Å². The summed E-state index contributed by atoms with van der Waals surface area (Å²) < 4.78 is 0. The van der Waals surface area contributed by atoms with Gasteiger partial charge in [0.1, 0.15) is 5.69 Å². The van der Waals surface area contributed by atoms with E-state index in [4.69, 9.17) is 5.73 Å². The van der Waals surface area contributed by atoms with Crippen LogP contribution in [0.3, 0.4) is 0 Å². The lowest BCUT2D eigenvalue weighted by atomic mass is 10.0. The predicted molar refractivity (Wildman–Crippen MR) is 51.5 cm³/mol. The minimum atomic E-state index is 0.299. The van der Waals surface area contributed by atoms with Crippen LogP contribution in [0, 0.1) is 0 Å². The third-order valence-corrected chi connectivity index (χ3v) is 3.39. The van der Waals surface area contributed by atoms with Crippen molar-refractivity contribution >= 4 is 5.95 Å². The molecule has 2 unspecified atom stereocenters. The first-order valence-corrected chi connectivity index (χ1v) is 4.96. The van der Waals surface area contributed by atoms with Gasteiger partial charge in [0.2, 0.25) is 5.95 Å². The predicted octanol–water partition coefficient (Wildman–Crippen LogP) is 0.145. The molecule has 2 atom stereocenters. The smallest absolute Gasteiger partial charge is 0.240 e. The number of anilines is 1. The van der Waals surface area contributed by atoms with Crippen LogP contribution in [-0.4, -0.2) is 33.2 Å². The lowest BCUT2D eigenvalue weighted by molar-refractivity contribution is 0.216. The Morgan fingerprint density at radius 3 is 3.07 bits per heavy atom. The number of nitrogens with zero attached hydrogens (tertiary/aromatic N) is 4. The fraction of sp³-hybridized carbons (Fsp3) is 0.667. The standard InChI is InChI=1S/C9H13N5/c1-14-5-2-3-7(14)8-6(4-5)11-9(10)13-12-8/h5,7H,2-4H2,1H3,(H2,10,11,13). The number of nitrogens with two attached hydrogens (primary N) is 1. The Balaban J connectivity index is 2.11. The fourth-order valence-corrected chi connectivity index (χ4v) is 2.60. The summed E-state index contributed by atoms with van der Waals surface area (Å²) in [6, 6.07) is 1.05. The molecule has 2 aliphatic heterocycles. The normalized spacial score (nSPS) is 30.4. The largest absolute Gasteiger partial charge is 0.366 e. The van der Waals surface area contributed by atoms with Crippen LogP contribution >= 0.6 is 0 Å². The molecule has 1 aromatic rings. The Labute approximate surface area is 82.3 Å². The van der Waals surface area contributed by atoms with E-state index in [1.54, 1.807) is 0 Å². The van der Waals surface area contributed by atoms with E-state index in [1.807, 2.05) is 0 Å². The number of fused-ring (bicyclic) bond motifs is 4. The summed E-state index contributed by atoms with van der Waals surface area (Å²) >= 11 is 0. The Morgan fingerprint density at radius 1 is 1.36 bits per heavy atom. The van der Waals surface area contributed by atoms with Crippen LogP contribution in [0.15, 0.2) is 0 Å². The van der Waals surface area contributed by atoms with Gasteiger partial charge in [0.25, 0.3) is 0 Å². The van der Waals surface area contributed by atoms with Crippen LogP contribution in [0.1, 0.15) is 30.3 Å². The molecule has 2 aliphatic rings. The molecule has 1 aromatic heterocycles. The maximum atomic E-state index is 5.53. The van der Waals surface area contributed by atoms with E-state index >= 15 is 0 Å². The number of hydrogen-bond donors (Lipinski definition) is 1. The summed E-state index contributed by atoms with van der Waals surface area (Å²) in [5, 5.41) is 8.00. The minimum Gasteiger partial charge on any atom is -0.366 e. The lowest BCUT2D eigenvalue weighted by Gasteiger charge is -2.30. The van der Waals surface area contributed by atoms with Gasteiger partial charge in [-0.25, -0.2) is 4.98 Å². The van der Waals surface area contributed by atoms with Gasteiger partial charge in [-0.2, -0.15) is 0 Å². The van der Waals surface area contributed by atoms with E-state index in [1.165, 1.54) is 12.8 Å². The third kappa shape index (κ3) is 0.957. The number of rotatable bonds is 0. The molecule has 3 heterocycles. The molecule has 2 N–H and O–H groups in total. The van der Waals surface area contributed by atoms with Gasteiger partial charge in [0, 0.05) is 12.5 Å². The molecular formula is C9H13N5. The van der Waals surface area contributed by atoms with Crippen LogP contribution < -0.4 is 5.73 Å². The van der Waals surface area contributed by atoms with Gasteiger partial charge < -0.3 is 5.73 Å². The first kappa shape index (κ1) is 8.11. The van der Waals surface area contributed by atoms with Gasteiger partial charge >= 0.3 is 0 Å². The molecule has 2 bridgehead atoms. The molecule has 0 spiro atoms. The zero-order chi connectivity index (χ0) is 9.71. The molecule has 0 aliphatic carbocycles. The maximum Gasteiger partial charge on any atom is 0.240 e. The van der Waals surface area contributed by atoms with Gasteiger partial charge in [-0.3, -0.25) is 4.90 Å².